The standard InChI is InChI=1S/C15H17N5O3S/c1-10-9-12(3-4-13(10)20(22)23)14(21)18-5-7-19(8-6-18)15-17-16-11(2)24-15/h3-4,9H,5-8H2,1-2H3. The SMILES string of the molecule is Cc1nnc(N2CCN(C(=O)c3ccc([N+](=O)[O-])c(C)c3)CC2)s1. The largest absolute Gasteiger partial charge is 0.343 e. The zero-order chi connectivity index (χ0) is 17.3. The third-order valence-corrected chi connectivity index (χ3v) is 4.89. The smallest absolute Gasteiger partial charge is 0.272 e. The number of nitro groups is 1. The molecule has 1 amide bonds. The number of piperazine rings is 1. The van der Waals surface area contributed by atoms with Gasteiger partial charge >= 0.3 is 0 Å². The molecule has 8 nitrogen and oxygen atoms in total. The molecule has 1 fully saturated rings. The fourth-order valence-electron chi connectivity index (χ4n) is 2.69. The van der Waals surface area contributed by atoms with Gasteiger partial charge in [0, 0.05) is 43.4 Å². The number of benzene rings is 1. The van der Waals surface area contributed by atoms with Crippen molar-refractivity contribution >= 4 is 28.1 Å². The van der Waals surface area contributed by atoms with Crippen LogP contribution in [0.1, 0.15) is 20.9 Å². The average Bonchev–Trinajstić information content (AvgIpc) is 3.00. The summed E-state index contributed by atoms with van der Waals surface area (Å²) in [5.74, 6) is -0.0962. The van der Waals surface area contributed by atoms with Crippen LogP contribution >= 0.6 is 11.3 Å². The quantitative estimate of drug-likeness (QED) is 0.623. The Morgan fingerprint density at radius 3 is 2.46 bits per heavy atom. The van der Waals surface area contributed by atoms with E-state index in [1.807, 2.05) is 6.92 Å². The second-order valence-corrected chi connectivity index (χ2v) is 6.80. The van der Waals surface area contributed by atoms with Crippen molar-refractivity contribution in [1.82, 2.24) is 15.1 Å². The first kappa shape index (κ1) is 16.3. The van der Waals surface area contributed by atoms with Crippen LogP contribution in [0.15, 0.2) is 18.2 Å². The molecule has 0 spiro atoms. The van der Waals surface area contributed by atoms with Gasteiger partial charge in [-0.15, -0.1) is 10.2 Å². The number of anilines is 1. The predicted octanol–water partition coefficient (Wildman–Crippen LogP) is 2.03. The summed E-state index contributed by atoms with van der Waals surface area (Å²) in [6.45, 7) is 6.14. The lowest BCUT2D eigenvalue weighted by atomic mass is 10.1. The maximum atomic E-state index is 12.6. The summed E-state index contributed by atoms with van der Waals surface area (Å²) >= 11 is 1.54. The Hall–Kier alpha value is -2.55. The van der Waals surface area contributed by atoms with Crippen molar-refractivity contribution in [2.45, 2.75) is 13.8 Å². The summed E-state index contributed by atoms with van der Waals surface area (Å²) in [5.41, 5.74) is 1.01. The Morgan fingerprint density at radius 1 is 1.21 bits per heavy atom. The molecule has 0 N–H and O–H groups in total. The number of carbonyl (C=O) groups is 1. The van der Waals surface area contributed by atoms with E-state index in [1.54, 1.807) is 29.2 Å². The van der Waals surface area contributed by atoms with E-state index in [9.17, 15) is 14.9 Å². The fraction of sp³-hybridized carbons (Fsp3) is 0.400. The average molecular weight is 347 g/mol. The van der Waals surface area contributed by atoms with E-state index in [2.05, 4.69) is 15.1 Å². The number of aromatic nitrogens is 2. The van der Waals surface area contributed by atoms with E-state index in [0.717, 1.165) is 10.1 Å². The van der Waals surface area contributed by atoms with Crippen molar-refractivity contribution in [1.29, 1.82) is 0 Å². The zero-order valence-electron chi connectivity index (χ0n) is 13.4. The van der Waals surface area contributed by atoms with Gasteiger partial charge in [-0.2, -0.15) is 0 Å². The van der Waals surface area contributed by atoms with E-state index in [1.165, 1.54) is 12.1 Å². The normalized spacial score (nSPS) is 14.8. The fourth-order valence-corrected chi connectivity index (χ4v) is 3.43. The van der Waals surface area contributed by atoms with Gasteiger partial charge in [-0.05, 0) is 26.0 Å². The van der Waals surface area contributed by atoms with Gasteiger partial charge in [0.15, 0.2) is 0 Å². The monoisotopic (exact) mass is 347 g/mol. The van der Waals surface area contributed by atoms with Crippen LogP contribution in [0.5, 0.6) is 0 Å². The molecule has 24 heavy (non-hydrogen) atoms. The number of amides is 1. The highest BCUT2D eigenvalue weighted by molar-refractivity contribution is 7.15. The molecule has 1 aliphatic heterocycles. The molecule has 2 aromatic rings. The Bertz CT molecular complexity index is 783. The Labute approximate surface area is 142 Å². The van der Waals surface area contributed by atoms with E-state index < -0.39 is 4.92 Å². The number of hydrogen-bond acceptors (Lipinski definition) is 7. The van der Waals surface area contributed by atoms with Gasteiger partial charge in [0.1, 0.15) is 5.01 Å². The number of aryl methyl sites for hydroxylation is 2. The molecule has 1 saturated heterocycles. The Balaban J connectivity index is 1.67. The number of hydrogen-bond donors (Lipinski definition) is 0. The van der Waals surface area contributed by atoms with Gasteiger partial charge in [0.05, 0.1) is 4.92 Å². The van der Waals surface area contributed by atoms with Crippen LogP contribution in [-0.4, -0.2) is 52.1 Å². The molecule has 0 aliphatic carbocycles. The van der Waals surface area contributed by atoms with Crippen LogP contribution in [-0.2, 0) is 0 Å². The summed E-state index contributed by atoms with van der Waals surface area (Å²) in [7, 11) is 0. The van der Waals surface area contributed by atoms with E-state index in [-0.39, 0.29) is 11.6 Å². The van der Waals surface area contributed by atoms with E-state index >= 15 is 0 Å². The van der Waals surface area contributed by atoms with Crippen LogP contribution in [0.4, 0.5) is 10.8 Å². The zero-order valence-corrected chi connectivity index (χ0v) is 14.2. The van der Waals surface area contributed by atoms with Gasteiger partial charge in [0.2, 0.25) is 5.13 Å². The van der Waals surface area contributed by atoms with Crippen LogP contribution in [0, 0.1) is 24.0 Å². The second kappa shape index (κ2) is 6.52. The molecule has 0 radical (unpaired) electrons. The molecule has 1 aliphatic rings. The molecule has 0 unspecified atom stereocenters. The van der Waals surface area contributed by atoms with Gasteiger partial charge in [-0.3, -0.25) is 14.9 Å². The topological polar surface area (TPSA) is 92.5 Å². The first-order valence-electron chi connectivity index (χ1n) is 7.55. The summed E-state index contributed by atoms with van der Waals surface area (Å²) < 4.78 is 0. The van der Waals surface area contributed by atoms with E-state index in [4.69, 9.17) is 0 Å². The molecule has 2 heterocycles. The highest BCUT2D eigenvalue weighted by atomic mass is 32.1. The third kappa shape index (κ3) is 3.21. The number of nitrogens with zero attached hydrogens (tertiary/aromatic N) is 5. The first-order chi connectivity index (χ1) is 11.5. The maximum Gasteiger partial charge on any atom is 0.272 e. The van der Waals surface area contributed by atoms with Gasteiger partial charge in [0.25, 0.3) is 11.6 Å². The Kier molecular flexibility index (Phi) is 4.43. The van der Waals surface area contributed by atoms with E-state index in [0.29, 0.717) is 37.3 Å². The minimum atomic E-state index is -0.438. The van der Waals surface area contributed by atoms with Crippen molar-refractivity contribution in [3.05, 3.63) is 44.4 Å². The number of rotatable bonds is 3. The Morgan fingerprint density at radius 2 is 1.92 bits per heavy atom. The third-order valence-electron chi connectivity index (χ3n) is 3.99. The van der Waals surface area contributed by atoms with Crippen molar-refractivity contribution in [3.8, 4) is 0 Å². The van der Waals surface area contributed by atoms with Gasteiger partial charge in [-0.1, -0.05) is 11.3 Å². The molecule has 126 valence electrons. The van der Waals surface area contributed by atoms with Crippen LogP contribution in [0.25, 0.3) is 0 Å². The molecule has 0 bridgehead atoms. The van der Waals surface area contributed by atoms with Crippen molar-refractivity contribution in [2.75, 3.05) is 31.1 Å². The molecule has 0 atom stereocenters. The minimum absolute atomic E-state index is 0.0306. The lowest BCUT2D eigenvalue weighted by Crippen LogP contribution is -2.48. The van der Waals surface area contributed by atoms with Crippen molar-refractivity contribution in [3.63, 3.8) is 0 Å². The van der Waals surface area contributed by atoms with Crippen LogP contribution in [0.2, 0.25) is 0 Å². The molecule has 3 rings (SSSR count). The molecular formula is C15H17N5O3S. The number of carbonyl (C=O) groups excluding carboxylic acids is 1. The molecule has 1 aromatic carbocycles. The maximum absolute atomic E-state index is 12.6. The van der Waals surface area contributed by atoms with Crippen LogP contribution < -0.4 is 4.90 Å². The summed E-state index contributed by atoms with van der Waals surface area (Å²) in [6.07, 6.45) is 0. The lowest BCUT2D eigenvalue weighted by Gasteiger charge is -2.34. The predicted molar refractivity (Wildman–Crippen MR) is 90.6 cm³/mol. The molecular weight excluding hydrogens is 330 g/mol. The van der Waals surface area contributed by atoms with Crippen molar-refractivity contribution in [2.24, 2.45) is 0 Å². The first-order valence-corrected chi connectivity index (χ1v) is 8.36. The molecule has 1 aromatic heterocycles. The highest BCUT2D eigenvalue weighted by Gasteiger charge is 2.24. The minimum Gasteiger partial charge on any atom is -0.343 e. The summed E-state index contributed by atoms with van der Waals surface area (Å²) in [4.78, 5) is 26.9. The van der Waals surface area contributed by atoms with Crippen LogP contribution in [0.3, 0.4) is 0 Å². The number of nitro benzene ring substituents is 1. The molecule has 0 saturated carbocycles. The van der Waals surface area contributed by atoms with Gasteiger partial charge in [-0.25, -0.2) is 0 Å². The summed E-state index contributed by atoms with van der Waals surface area (Å²) in [6, 6.07) is 4.50. The van der Waals surface area contributed by atoms with Crippen molar-refractivity contribution < 1.29 is 9.72 Å². The second-order valence-electron chi connectivity index (χ2n) is 5.64. The lowest BCUT2D eigenvalue weighted by molar-refractivity contribution is -0.385. The molecule has 9 heteroatoms. The highest BCUT2D eigenvalue weighted by Crippen LogP contribution is 2.23. The summed E-state index contributed by atoms with van der Waals surface area (Å²) in [5, 5.41) is 20.8. The van der Waals surface area contributed by atoms with Gasteiger partial charge < -0.3 is 9.80 Å².